The quantitative estimate of drug-likeness (QED) is 0.342. The SMILES string of the molecule is [LiH].[LiH].c1ccc(C(=C(c2ccccc2)c2ccccc2)c2ccccc2)cc1. The van der Waals surface area contributed by atoms with E-state index in [-0.39, 0.29) is 37.7 Å². The van der Waals surface area contributed by atoms with E-state index >= 15 is 0 Å². The van der Waals surface area contributed by atoms with Crippen LogP contribution in [0.3, 0.4) is 0 Å². The minimum Gasteiger partial charge on any atom is -0.0622 e. The summed E-state index contributed by atoms with van der Waals surface area (Å²) < 4.78 is 0. The molecule has 128 valence electrons. The molecule has 0 bridgehead atoms. The second-order valence-electron chi connectivity index (χ2n) is 6.21. The fraction of sp³-hybridized carbons (Fsp3) is 0. The van der Waals surface area contributed by atoms with Crippen LogP contribution in [-0.2, 0) is 0 Å². The van der Waals surface area contributed by atoms with Crippen molar-refractivity contribution in [1.82, 2.24) is 0 Å². The Labute approximate surface area is 191 Å². The molecule has 0 saturated carbocycles. The summed E-state index contributed by atoms with van der Waals surface area (Å²) in [5.41, 5.74) is 7.40. The van der Waals surface area contributed by atoms with Crippen molar-refractivity contribution < 1.29 is 0 Å². The van der Waals surface area contributed by atoms with Crippen molar-refractivity contribution in [2.45, 2.75) is 0 Å². The molecule has 2 heteroatoms. The van der Waals surface area contributed by atoms with Gasteiger partial charge in [-0.25, -0.2) is 0 Å². The van der Waals surface area contributed by atoms with Gasteiger partial charge in [0, 0.05) is 0 Å². The Morgan fingerprint density at radius 3 is 0.643 bits per heavy atom. The van der Waals surface area contributed by atoms with E-state index < -0.39 is 0 Å². The summed E-state index contributed by atoms with van der Waals surface area (Å²) in [6.45, 7) is 0. The summed E-state index contributed by atoms with van der Waals surface area (Å²) >= 11 is 0. The molecule has 0 aliphatic carbocycles. The van der Waals surface area contributed by atoms with Gasteiger partial charge in [-0.3, -0.25) is 0 Å². The molecule has 0 heterocycles. The number of benzene rings is 4. The van der Waals surface area contributed by atoms with Crippen LogP contribution >= 0.6 is 0 Å². The maximum absolute atomic E-state index is 2.19. The van der Waals surface area contributed by atoms with Crippen LogP contribution < -0.4 is 0 Å². The maximum atomic E-state index is 2.19. The fourth-order valence-corrected chi connectivity index (χ4v) is 3.33. The molecule has 0 N–H and O–H groups in total. The van der Waals surface area contributed by atoms with E-state index in [9.17, 15) is 0 Å². The van der Waals surface area contributed by atoms with E-state index in [0.29, 0.717) is 0 Å². The third-order valence-electron chi connectivity index (χ3n) is 4.50. The Kier molecular flexibility index (Phi) is 8.66. The van der Waals surface area contributed by atoms with Crippen molar-refractivity contribution in [2.75, 3.05) is 0 Å². The summed E-state index contributed by atoms with van der Waals surface area (Å²) in [7, 11) is 0. The van der Waals surface area contributed by atoms with Crippen LogP contribution in [0.5, 0.6) is 0 Å². The molecular weight excluding hydrogens is 326 g/mol. The van der Waals surface area contributed by atoms with Crippen LogP contribution in [0.15, 0.2) is 121 Å². The van der Waals surface area contributed by atoms with Gasteiger partial charge in [0.1, 0.15) is 0 Å². The maximum Gasteiger partial charge on any atom is -0.00268 e. The summed E-state index contributed by atoms with van der Waals surface area (Å²) in [5.74, 6) is 0. The monoisotopic (exact) mass is 348 g/mol. The largest absolute Gasteiger partial charge is 0.0622 e. The Morgan fingerprint density at radius 1 is 0.286 bits per heavy atom. The van der Waals surface area contributed by atoms with Gasteiger partial charge in [-0.1, -0.05) is 121 Å². The second kappa shape index (κ2) is 11.0. The summed E-state index contributed by atoms with van der Waals surface area (Å²) in [5, 5.41) is 0. The standard InChI is InChI=1S/C26H20.2Li.2H/c1-5-13-21(14-6-1)25(22-15-7-2-8-16-22)26(23-17-9-3-10-18-23)24-19-11-4-12-20-24;;;;/h1-20H;;;;. The van der Waals surface area contributed by atoms with Crippen molar-refractivity contribution in [1.29, 1.82) is 0 Å². The molecule has 0 nitrogen and oxygen atoms in total. The third-order valence-corrected chi connectivity index (χ3v) is 4.50. The number of rotatable bonds is 4. The average molecular weight is 348 g/mol. The average Bonchev–Trinajstić information content (AvgIpc) is 2.74. The molecule has 28 heavy (non-hydrogen) atoms. The molecule has 0 atom stereocenters. The molecule has 0 spiro atoms. The first-order valence-electron chi connectivity index (χ1n) is 8.89. The molecule has 0 amide bonds. The van der Waals surface area contributed by atoms with Crippen molar-refractivity contribution in [3.05, 3.63) is 144 Å². The minimum absolute atomic E-state index is 0. The molecule has 4 rings (SSSR count). The van der Waals surface area contributed by atoms with Gasteiger partial charge < -0.3 is 0 Å². The third kappa shape index (κ3) is 5.00. The van der Waals surface area contributed by atoms with Crippen LogP contribution in [-0.4, -0.2) is 37.7 Å². The van der Waals surface area contributed by atoms with Crippen LogP contribution in [0.2, 0.25) is 0 Å². The van der Waals surface area contributed by atoms with Gasteiger partial charge in [-0.2, -0.15) is 0 Å². The topological polar surface area (TPSA) is 0 Å². The first kappa shape index (κ1) is 22.1. The molecule has 0 aliphatic heterocycles. The Bertz CT molecular complexity index is 825. The van der Waals surface area contributed by atoms with E-state index in [1.165, 1.54) is 33.4 Å². The van der Waals surface area contributed by atoms with Crippen molar-refractivity contribution >= 4 is 48.9 Å². The molecule has 0 unspecified atom stereocenters. The predicted octanol–water partition coefficient (Wildman–Crippen LogP) is 5.40. The van der Waals surface area contributed by atoms with Crippen LogP contribution in [0.4, 0.5) is 0 Å². The number of hydrogen-bond acceptors (Lipinski definition) is 0. The van der Waals surface area contributed by atoms with Gasteiger partial charge in [0.05, 0.1) is 0 Å². The summed E-state index contributed by atoms with van der Waals surface area (Å²) in [6.07, 6.45) is 0. The zero-order valence-corrected chi connectivity index (χ0v) is 14.5. The zero-order valence-electron chi connectivity index (χ0n) is 14.5. The van der Waals surface area contributed by atoms with E-state index in [4.69, 9.17) is 0 Å². The second-order valence-corrected chi connectivity index (χ2v) is 6.21. The van der Waals surface area contributed by atoms with E-state index in [1.807, 2.05) is 0 Å². The van der Waals surface area contributed by atoms with Crippen LogP contribution in [0.1, 0.15) is 22.3 Å². The summed E-state index contributed by atoms with van der Waals surface area (Å²) in [6, 6.07) is 42.6. The smallest absolute Gasteiger partial charge is 0.00268 e. The number of hydrogen-bond donors (Lipinski definition) is 0. The van der Waals surface area contributed by atoms with Crippen molar-refractivity contribution in [3.63, 3.8) is 0 Å². The van der Waals surface area contributed by atoms with Gasteiger partial charge in [-0.15, -0.1) is 0 Å². The summed E-state index contributed by atoms with van der Waals surface area (Å²) in [4.78, 5) is 0. The first-order valence-corrected chi connectivity index (χ1v) is 8.89. The fourth-order valence-electron chi connectivity index (χ4n) is 3.33. The molecule has 0 radical (unpaired) electrons. The Hall–Kier alpha value is -2.19. The molecular formula is C26H22Li2. The molecule has 4 aromatic rings. The Balaban J connectivity index is 0.00000140. The van der Waals surface area contributed by atoms with Gasteiger partial charge in [0.15, 0.2) is 0 Å². The van der Waals surface area contributed by atoms with Crippen LogP contribution in [0.25, 0.3) is 11.1 Å². The molecule has 0 aromatic heterocycles. The van der Waals surface area contributed by atoms with Crippen LogP contribution in [0, 0.1) is 0 Å². The molecule has 0 aliphatic rings. The van der Waals surface area contributed by atoms with E-state index in [2.05, 4.69) is 121 Å². The Morgan fingerprint density at radius 2 is 0.464 bits per heavy atom. The minimum atomic E-state index is 0. The van der Waals surface area contributed by atoms with Gasteiger partial charge in [0.25, 0.3) is 0 Å². The van der Waals surface area contributed by atoms with Gasteiger partial charge in [0.2, 0.25) is 0 Å². The molecule has 4 aromatic carbocycles. The van der Waals surface area contributed by atoms with Gasteiger partial charge >= 0.3 is 37.7 Å². The predicted molar refractivity (Wildman–Crippen MR) is 125 cm³/mol. The van der Waals surface area contributed by atoms with Gasteiger partial charge in [-0.05, 0) is 33.4 Å². The van der Waals surface area contributed by atoms with Crippen molar-refractivity contribution in [2.24, 2.45) is 0 Å². The normalized spacial score (nSPS) is 9.57. The van der Waals surface area contributed by atoms with E-state index in [0.717, 1.165) is 0 Å². The zero-order chi connectivity index (χ0) is 17.6. The molecule has 0 saturated heterocycles. The first-order chi connectivity index (χ1) is 12.9. The van der Waals surface area contributed by atoms with E-state index in [1.54, 1.807) is 0 Å². The van der Waals surface area contributed by atoms with Crippen molar-refractivity contribution in [3.8, 4) is 0 Å². The molecule has 0 fully saturated rings.